The lowest BCUT2D eigenvalue weighted by Crippen LogP contribution is -2.53. The van der Waals surface area contributed by atoms with E-state index >= 15 is 26.3 Å². The van der Waals surface area contributed by atoms with E-state index in [0.29, 0.717) is 24.8 Å². The van der Waals surface area contributed by atoms with Gasteiger partial charge < -0.3 is 4.74 Å². The molecule has 196 valence electrons. The summed E-state index contributed by atoms with van der Waals surface area (Å²) in [5.74, 6) is -17.0. The van der Waals surface area contributed by atoms with Crippen molar-refractivity contribution in [1.82, 2.24) is 0 Å². The average Bonchev–Trinajstić information content (AvgIpc) is 2.83. The van der Waals surface area contributed by atoms with Gasteiger partial charge in [-0.1, -0.05) is 43.7 Å². The summed E-state index contributed by atoms with van der Waals surface area (Å²) >= 11 is 0. The minimum atomic E-state index is -5.12. The van der Waals surface area contributed by atoms with Crippen molar-refractivity contribution < 1.29 is 40.3 Å². The van der Waals surface area contributed by atoms with Crippen LogP contribution in [0, 0.1) is 17.6 Å². The van der Waals surface area contributed by atoms with Crippen LogP contribution in [0.25, 0.3) is 5.57 Å². The van der Waals surface area contributed by atoms with Crippen LogP contribution in [0.3, 0.4) is 0 Å². The van der Waals surface area contributed by atoms with Gasteiger partial charge in [-0.25, -0.2) is 18.0 Å². The van der Waals surface area contributed by atoms with E-state index in [0.717, 1.165) is 24.3 Å². The second kappa shape index (κ2) is 9.84. The fraction of sp³-hybridized carbons (Fsp3) is 0.321. The van der Waals surface area contributed by atoms with Crippen molar-refractivity contribution in [2.75, 3.05) is 0 Å². The molecule has 0 aromatic heterocycles. The normalized spacial score (nSPS) is 21.3. The number of fused-ring (bicyclic) bond motifs is 3. The molecule has 2 nitrogen and oxygen atoms in total. The molecule has 2 atom stereocenters. The molecular weight excluding hydrogens is 501 g/mol. The highest BCUT2D eigenvalue weighted by atomic mass is 19.3. The van der Waals surface area contributed by atoms with Crippen LogP contribution in [0.4, 0.5) is 30.7 Å². The number of rotatable bonds is 7. The van der Waals surface area contributed by atoms with Crippen LogP contribution in [-0.4, -0.2) is 18.1 Å². The largest absolute Gasteiger partial charge is 0.423 e. The molecule has 37 heavy (non-hydrogen) atoms. The van der Waals surface area contributed by atoms with Crippen LogP contribution < -0.4 is 4.74 Å². The number of halogens is 7. The topological polar surface area (TPSA) is 26.3 Å². The Kier molecular flexibility index (Phi) is 7.10. The zero-order chi connectivity index (χ0) is 27.1. The maximum Gasteiger partial charge on any atom is 0.346 e. The summed E-state index contributed by atoms with van der Waals surface area (Å²) in [5.41, 5.74) is -3.58. The van der Waals surface area contributed by atoms with Gasteiger partial charge in [0, 0.05) is 6.07 Å². The van der Waals surface area contributed by atoms with Gasteiger partial charge in [-0.05, 0) is 53.7 Å². The maximum absolute atomic E-state index is 15.3. The van der Waals surface area contributed by atoms with Crippen LogP contribution in [0.1, 0.15) is 53.2 Å². The molecule has 2 aliphatic rings. The first-order valence-corrected chi connectivity index (χ1v) is 11.7. The Morgan fingerprint density at radius 2 is 1.81 bits per heavy atom. The number of esters is 1. The molecule has 9 heteroatoms. The Hall–Kier alpha value is -3.36. The fourth-order valence-corrected chi connectivity index (χ4v) is 4.77. The highest BCUT2D eigenvalue weighted by Crippen LogP contribution is 2.60. The molecule has 0 heterocycles. The third-order valence-electron chi connectivity index (χ3n) is 6.65. The zero-order valence-corrected chi connectivity index (χ0v) is 19.8. The van der Waals surface area contributed by atoms with Crippen molar-refractivity contribution in [1.29, 1.82) is 0 Å². The van der Waals surface area contributed by atoms with Crippen LogP contribution in [0.15, 0.2) is 60.7 Å². The van der Waals surface area contributed by atoms with E-state index in [1.165, 1.54) is 18.2 Å². The first-order valence-electron chi connectivity index (χ1n) is 11.7. The number of hydrogen-bond acceptors (Lipinski definition) is 2. The Morgan fingerprint density at radius 3 is 2.46 bits per heavy atom. The van der Waals surface area contributed by atoms with Crippen LogP contribution >= 0.6 is 0 Å². The van der Waals surface area contributed by atoms with Gasteiger partial charge in [-0.2, -0.15) is 17.6 Å². The predicted molar refractivity (Wildman–Crippen MR) is 124 cm³/mol. The van der Waals surface area contributed by atoms with E-state index in [9.17, 15) is 9.18 Å². The van der Waals surface area contributed by atoms with Crippen molar-refractivity contribution in [3.8, 4) is 5.75 Å². The molecule has 0 fully saturated rings. The molecular formula is C28H23F7O2. The van der Waals surface area contributed by atoms with E-state index in [2.05, 4.69) is 6.58 Å². The lowest BCUT2D eigenvalue weighted by Gasteiger charge is -2.43. The molecule has 0 bridgehead atoms. The van der Waals surface area contributed by atoms with Crippen molar-refractivity contribution in [3.05, 3.63) is 94.6 Å². The Morgan fingerprint density at radius 1 is 1.08 bits per heavy atom. The van der Waals surface area contributed by atoms with Crippen molar-refractivity contribution >= 4 is 11.5 Å². The summed E-state index contributed by atoms with van der Waals surface area (Å²) in [4.78, 5) is 12.6. The lowest BCUT2D eigenvalue weighted by atomic mass is 9.68. The summed E-state index contributed by atoms with van der Waals surface area (Å²) in [6.45, 7) is 5.23. The maximum atomic E-state index is 15.3. The molecule has 2 aliphatic carbocycles. The second-order valence-corrected chi connectivity index (χ2v) is 9.01. The molecule has 0 spiro atoms. The average molecular weight is 524 g/mol. The van der Waals surface area contributed by atoms with Crippen LogP contribution in [0.5, 0.6) is 5.75 Å². The number of alkyl halides is 5. The van der Waals surface area contributed by atoms with Gasteiger partial charge in [-0.15, -0.1) is 6.58 Å². The molecule has 0 N–H and O–H groups in total. The van der Waals surface area contributed by atoms with Gasteiger partial charge in [-0.3, -0.25) is 0 Å². The summed E-state index contributed by atoms with van der Waals surface area (Å²) in [6, 6.07) is 5.12. The van der Waals surface area contributed by atoms with Crippen LogP contribution in [-0.2, 0) is 12.3 Å². The summed E-state index contributed by atoms with van der Waals surface area (Å²) < 4.78 is 110. The second-order valence-electron chi connectivity index (χ2n) is 9.01. The van der Waals surface area contributed by atoms with Gasteiger partial charge in [0.25, 0.3) is 0 Å². The Labute approximate surface area is 209 Å². The molecule has 0 aliphatic heterocycles. The molecule has 0 saturated heterocycles. The number of ether oxygens (including phenoxy) is 1. The van der Waals surface area contributed by atoms with Crippen LogP contribution in [0.2, 0.25) is 0 Å². The molecule has 2 aromatic carbocycles. The standard InChI is InChI=1S/C28H23F7O2/c1-3-5-7-15-8-10-17(14-21(15)29)37-26(36)20-13-12-19-18-11-9-16(6-4-2)24(30)22(18)27(32,33)28(34,35)23(19)25(20)31/h3,8-14,22,24H,1,4-7H2,2H3. The van der Waals surface area contributed by atoms with Crippen molar-refractivity contribution in [2.24, 2.45) is 5.92 Å². The summed E-state index contributed by atoms with van der Waals surface area (Å²) in [5, 5.41) is 0. The van der Waals surface area contributed by atoms with Crippen molar-refractivity contribution in [2.45, 2.75) is 50.6 Å². The summed E-state index contributed by atoms with van der Waals surface area (Å²) in [7, 11) is 0. The van der Waals surface area contributed by atoms with Gasteiger partial charge in [0.05, 0.1) is 17.0 Å². The Bertz CT molecular complexity index is 1310. The van der Waals surface area contributed by atoms with Gasteiger partial charge >= 0.3 is 17.8 Å². The highest BCUT2D eigenvalue weighted by molar-refractivity contribution is 5.93. The van der Waals surface area contributed by atoms with E-state index in [1.807, 2.05) is 0 Å². The van der Waals surface area contributed by atoms with Gasteiger partial charge in [0.2, 0.25) is 0 Å². The number of carbonyl (C=O) groups is 1. The highest BCUT2D eigenvalue weighted by Gasteiger charge is 2.70. The van der Waals surface area contributed by atoms with E-state index in [1.54, 1.807) is 13.0 Å². The number of benzene rings is 2. The first kappa shape index (κ1) is 26.7. The SMILES string of the molecule is C=CCCc1ccc(OC(=O)c2ccc3c(c2F)C(F)(F)C(F)(F)C2C3=CC=C(CCC)C2F)cc1F. The van der Waals surface area contributed by atoms with Crippen molar-refractivity contribution in [3.63, 3.8) is 0 Å². The molecule has 0 amide bonds. The lowest BCUT2D eigenvalue weighted by molar-refractivity contribution is -0.245. The first-order chi connectivity index (χ1) is 17.4. The molecule has 4 rings (SSSR count). The van der Waals surface area contributed by atoms with E-state index in [4.69, 9.17) is 4.74 Å². The minimum Gasteiger partial charge on any atom is -0.423 e. The number of aryl methyl sites for hydroxylation is 1. The van der Waals surface area contributed by atoms with E-state index < -0.39 is 63.8 Å². The summed E-state index contributed by atoms with van der Waals surface area (Å²) in [6.07, 6.45) is 2.89. The van der Waals surface area contributed by atoms with Gasteiger partial charge in [0.15, 0.2) is 0 Å². The predicted octanol–water partition coefficient (Wildman–Crippen LogP) is 8.12. The Balaban J connectivity index is 1.74. The fourth-order valence-electron chi connectivity index (χ4n) is 4.77. The third-order valence-corrected chi connectivity index (χ3v) is 6.65. The van der Waals surface area contributed by atoms with E-state index in [-0.39, 0.29) is 17.7 Å². The molecule has 0 saturated carbocycles. The smallest absolute Gasteiger partial charge is 0.346 e. The van der Waals surface area contributed by atoms with Gasteiger partial charge in [0.1, 0.15) is 23.6 Å². The third kappa shape index (κ3) is 4.38. The number of hydrogen-bond donors (Lipinski definition) is 0. The molecule has 2 unspecified atom stereocenters. The molecule has 0 radical (unpaired) electrons. The number of allylic oxidation sites excluding steroid dienone is 5. The monoisotopic (exact) mass is 524 g/mol. The molecule has 2 aromatic rings. The number of carbonyl (C=O) groups excluding carboxylic acids is 1. The quantitative estimate of drug-likeness (QED) is 0.158. The zero-order valence-electron chi connectivity index (χ0n) is 19.8. The minimum absolute atomic E-state index is 0.0430.